The van der Waals surface area contributed by atoms with Crippen LogP contribution in [0.4, 0.5) is 16.2 Å². The summed E-state index contributed by atoms with van der Waals surface area (Å²) in [6, 6.07) is 18.3. The van der Waals surface area contributed by atoms with Gasteiger partial charge in [-0.1, -0.05) is 87.8 Å². The number of carbonyl (C=O) groups is 5. The van der Waals surface area contributed by atoms with Gasteiger partial charge in [-0.15, -0.1) is 11.3 Å². The number of aromatic nitrogens is 3. The molecule has 0 radical (unpaired) electrons. The number of likely N-dealkylation sites (N-methyl/N-ethyl adjacent to an activating group) is 1. The second kappa shape index (κ2) is 31.9. The highest BCUT2D eigenvalue weighted by Crippen LogP contribution is 2.42. The molecule has 2 aromatic heterocycles. The van der Waals surface area contributed by atoms with Crippen LogP contribution in [0.1, 0.15) is 77.6 Å². The Labute approximate surface area is 522 Å². The summed E-state index contributed by atoms with van der Waals surface area (Å²) in [5.74, 6) is -1.24. The van der Waals surface area contributed by atoms with E-state index in [0.717, 1.165) is 21.7 Å². The quantitative estimate of drug-likeness (QED) is 0.0311. The number of nitrogens with zero attached hydrogens (tertiary/aromatic N) is 7. The minimum atomic E-state index is -0.875. The third-order valence-electron chi connectivity index (χ3n) is 15.6. The molecule has 21 nitrogen and oxygen atoms in total. The van der Waals surface area contributed by atoms with Crippen molar-refractivity contribution in [2.24, 2.45) is 5.41 Å². The van der Waals surface area contributed by atoms with Crippen LogP contribution in [0.2, 0.25) is 5.02 Å². The second-order valence-corrected chi connectivity index (χ2v) is 24.2. The van der Waals surface area contributed by atoms with Gasteiger partial charge in [0.1, 0.15) is 35.8 Å². The van der Waals surface area contributed by atoms with Crippen molar-refractivity contribution < 1.29 is 57.2 Å². The maximum Gasteiger partial charge on any atom is 0.246 e. The lowest BCUT2D eigenvalue weighted by Crippen LogP contribution is -2.58. The Morgan fingerprint density at radius 3 is 2.15 bits per heavy atom. The third-order valence-corrected chi connectivity index (χ3v) is 16.9. The number of anilines is 2. The number of ether oxygens (including phenoxy) is 5. The molecule has 2 saturated heterocycles. The van der Waals surface area contributed by atoms with E-state index >= 15 is 4.39 Å². The molecule has 2 aliphatic rings. The molecular formula is C64H82ClFN10O11S. The van der Waals surface area contributed by atoms with Gasteiger partial charge < -0.3 is 64.3 Å². The highest BCUT2D eigenvalue weighted by atomic mass is 35.5. The van der Waals surface area contributed by atoms with Crippen LogP contribution in [-0.4, -0.2) is 195 Å². The fourth-order valence-electron chi connectivity index (χ4n) is 10.7. The lowest BCUT2D eigenvalue weighted by atomic mass is 9.85. The molecule has 5 amide bonds. The smallest absolute Gasteiger partial charge is 0.246 e. The van der Waals surface area contributed by atoms with Gasteiger partial charge in [-0.25, -0.2) is 14.4 Å². The number of nitrogens with one attached hydrogen (secondary N) is 3. The number of thiazole rings is 1. The first-order valence-corrected chi connectivity index (χ1v) is 31.3. The van der Waals surface area contributed by atoms with Crippen LogP contribution in [0, 0.1) is 18.2 Å². The van der Waals surface area contributed by atoms with Crippen molar-refractivity contribution in [3.05, 3.63) is 94.3 Å². The molecular weight excluding hydrogens is 1170 g/mol. The molecule has 88 heavy (non-hydrogen) atoms. The standard InChI is InChI=1S/C64H82ClFN10O11S/c1-8-53(79)74-22-24-75(25-23-74)60-49-38-50(65)55(48-37-46(77)36-45-12-9-10-13-47(45)48)56(66)57(49)71-63(72-60)67-20-19-54(80)73(7)26-27-83-28-29-84-30-31-85-32-33-86-34-35-87-39-52(78)70-59(64(4,5)6)62(82)76-21-11-14-51(76)61(81)69-41(2)43-15-17-44(18-16-43)58-42(3)68-40-88-58/h9-10,12-13,15-18,36-38,40-41,51,59,77H,8,11,14,19-35,39H2,1-7H3,(H,69,81)(H,70,78)(H,67,71,72)/t41-,51-,59+/m0/s1. The molecule has 4 heterocycles. The van der Waals surface area contributed by atoms with Crippen LogP contribution >= 0.6 is 22.9 Å². The van der Waals surface area contributed by atoms with Gasteiger partial charge in [0.15, 0.2) is 5.82 Å². The molecule has 3 atom stereocenters. The molecule has 2 fully saturated rings. The van der Waals surface area contributed by atoms with Crippen molar-refractivity contribution in [3.63, 3.8) is 0 Å². The molecule has 6 aromatic rings. The van der Waals surface area contributed by atoms with Crippen LogP contribution < -0.4 is 20.9 Å². The van der Waals surface area contributed by atoms with E-state index in [2.05, 4.69) is 25.9 Å². The number of likely N-dealkylation sites (tertiary alicyclic amines) is 1. The number of hydrogen-bond donors (Lipinski definition) is 4. The van der Waals surface area contributed by atoms with E-state index in [1.807, 2.05) is 100 Å². The lowest BCUT2D eigenvalue weighted by Gasteiger charge is -2.36. The molecule has 0 bridgehead atoms. The Hall–Kier alpha value is -7.12. The Morgan fingerprint density at radius 1 is 0.841 bits per heavy atom. The van der Waals surface area contributed by atoms with Gasteiger partial charge in [-0.05, 0) is 77.8 Å². The summed E-state index contributed by atoms with van der Waals surface area (Å²) in [4.78, 5) is 88.2. The molecule has 0 saturated carbocycles. The zero-order valence-electron chi connectivity index (χ0n) is 51.3. The first-order valence-electron chi connectivity index (χ1n) is 30.0. The lowest BCUT2D eigenvalue weighted by molar-refractivity contribution is -0.144. The number of aryl methyl sites for hydroxylation is 1. The van der Waals surface area contributed by atoms with Gasteiger partial charge in [-0.3, -0.25) is 24.0 Å². The SMILES string of the molecule is CCC(=O)N1CCN(c2nc(NCCC(=O)N(C)CCOCCOCCOCCOCCOCC(=O)N[C@H](C(=O)N3CCC[C@H]3C(=O)N[C@@H](C)c3ccc(-c4scnc4C)cc3)C(C)(C)C)nc3c(F)c(-c4cc(O)cc5ccccc45)c(Cl)cc23)CC1. The van der Waals surface area contributed by atoms with E-state index in [1.54, 1.807) is 45.2 Å². The maximum atomic E-state index is 17.0. The Kier molecular flexibility index (Phi) is 24.2. The van der Waals surface area contributed by atoms with Crippen LogP contribution in [0.3, 0.4) is 0 Å². The average molecular weight is 1250 g/mol. The fraction of sp³-hybridized carbons (Fsp3) is 0.500. The second-order valence-electron chi connectivity index (χ2n) is 22.9. The minimum Gasteiger partial charge on any atom is -0.508 e. The van der Waals surface area contributed by atoms with Gasteiger partial charge in [-0.2, -0.15) is 4.98 Å². The highest BCUT2D eigenvalue weighted by Gasteiger charge is 2.42. The molecule has 2 aliphatic heterocycles. The molecule has 0 aliphatic carbocycles. The Bertz CT molecular complexity index is 3360. The van der Waals surface area contributed by atoms with E-state index in [4.69, 9.17) is 40.3 Å². The van der Waals surface area contributed by atoms with Crippen LogP contribution in [-0.2, 0) is 47.7 Å². The first-order chi connectivity index (χ1) is 42.3. The van der Waals surface area contributed by atoms with Gasteiger partial charge in [0.25, 0.3) is 0 Å². The van der Waals surface area contributed by atoms with E-state index in [9.17, 15) is 29.1 Å². The fourth-order valence-corrected chi connectivity index (χ4v) is 11.8. The van der Waals surface area contributed by atoms with Gasteiger partial charge in [0.05, 0.1) is 86.6 Å². The van der Waals surface area contributed by atoms with Crippen LogP contribution in [0.5, 0.6) is 5.75 Å². The van der Waals surface area contributed by atoms with Gasteiger partial charge >= 0.3 is 0 Å². The van der Waals surface area contributed by atoms with E-state index in [1.165, 1.54) is 6.07 Å². The zero-order chi connectivity index (χ0) is 62.9. The number of amides is 5. The molecule has 474 valence electrons. The normalized spacial score (nSPS) is 15.2. The number of piperazine rings is 1. The molecule has 24 heteroatoms. The maximum absolute atomic E-state index is 17.0. The number of rotatable bonds is 30. The summed E-state index contributed by atoms with van der Waals surface area (Å²) >= 11 is 8.48. The van der Waals surface area contributed by atoms with Crippen LogP contribution in [0.25, 0.3) is 43.2 Å². The van der Waals surface area contributed by atoms with Crippen LogP contribution in [0.15, 0.2) is 72.2 Å². The summed E-state index contributed by atoms with van der Waals surface area (Å²) in [6.07, 6.45) is 1.69. The van der Waals surface area contributed by atoms with Crippen molar-refractivity contribution in [3.8, 4) is 27.3 Å². The Balaban J connectivity index is 0.677. The summed E-state index contributed by atoms with van der Waals surface area (Å²) in [7, 11) is 1.69. The summed E-state index contributed by atoms with van der Waals surface area (Å²) in [5.41, 5.74) is 4.69. The largest absolute Gasteiger partial charge is 0.508 e. The van der Waals surface area contributed by atoms with Crippen molar-refractivity contribution in [1.29, 1.82) is 0 Å². The zero-order valence-corrected chi connectivity index (χ0v) is 52.9. The molecule has 4 N–H and O–H groups in total. The topological polar surface area (TPSA) is 239 Å². The molecule has 0 spiro atoms. The van der Waals surface area contributed by atoms with E-state index in [0.29, 0.717) is 132 Å². The number of phenols is 1. The van der Waals surface area contributed by atoms with Crippen molar-refractivity contribution in [2.45, 2.75) is 85.4 Å². The Morgan fingerprint density at radius 2 is 1.50 bits per heavy atom. The summed E-state index contributed by atoms with van der Waals surface area (Å²) < 4.78 is 45.1. The number of carbonyl (C=O) groups excluding carboxylic acids is 5. The molecule has 8 rings (SSSR count). The van der Waals surface area contributed by atoms with Gasteiger partial charge in [0, 0.05) is 76.7 Å². The molecule has 0 unspecified atom stereocenters. The number of benzene rings is 4. The van der Waals surface area contributed by atoms with Crippen molar-refractivity contribution in [1.82, 2.24) is 40.3 Å². The van der Waals surface area contributed by atoms with E-state index < -0.39 is 29.2 Å². The minimum absolute atomic E-state index is 0.0160. The van der Waals surface area contributed by atoms with Crippen molar-refractivity contribution in [2.75, 3.05) is 129 Å². The average Bonchev–Trinajstić information content (AvgIpc) is 3.79. The van der Waals surface area contributed by atoms with Crippen molar-refractivity contribution >= 4 is 85.9 Å². The molecule has 4 aromatic carbocycles. The number of phenolic OH excluding ortho intramolecular Hbond substituents is 1. The number of fused-ring (bicyclic) bond motifs is 2. The summed E-state index contributed by atoms with van der Waals surface area (Å²) in [5, 5.41) is 21.6. The van der Waals surface area contributed by atoms with Gasteiger partial charge in [0.2, 0.25) is 35.5 Å². The number of hydrogen-bond acceptors (Lipinski definition) is 17. The first kappa shape index (κ1) is 66.8. The monoisotopic (exact) mass is 1250 g/mol. The predicted molar refractivity (Wildman–Crippen MR) is 338 cm³/mol. The highest BCUT2D eigenvalue weighted by molar-refractivity contribution is 7.13. The number of halogens is 2. The number of aromatic hydroxyl groups is 1. The predicted octanol–water partition coefficient (Wildman–Crippen LogP) is 8.18. The third kappa shape index (κ3) is 17.6. The summed E-state index contributed by atoms with van der Waals surface area (Å²) in [6.45, 7) is 16.5. The van der Waals surface area contributed by atoms with E-state index in [-0.39, 0.29) is 90.3 Å².